The highest BCUT2D eigenvalue weighted by Gasteiger charge is 2.32. The Bertz CT molecular complexity index is 467. The highest BCUT2D eigenvalue weighted by atomic mass is 127. The molecule has 0 atom stereocenters. The van der Waals surface area contributed by atoms with Crippen LogP contribution in [-0.2, 0) is 10.6 Å². The van der Waals surface area contributed by atoms with Crippen molar-refractivity contribution in [1.82, 2.24) is 4.98 Å². The van der Waals surface area contributed by atoms with Gasteiger partial charge < -0.3 is 9.47 Å². The largest absolute Gasteiger partial charge is 0.574 e. The summed E-state index contributed by atoms with van der Waals surface area (Å²) >= 11 is 7.29. The summed E-state index contributed by atoms with van der Waals surface area (Å²) in [5, 5.41) is 0. The molecule has 4 nitrogen and oxygen atoms in total. The van der Waals surface area contributed by atoms with E-state index in [9.17, 15) is 18.0 Å². The minimum atomic E-state index is -4.89. The van der Waals surface area contributed by atoms with Gasteiger partial charge in [-0.1, -0.05) is 0 Å². The number of ether oxygens (including phenoxy) is 2. The average molecular weight is 396 g/mol. The standard InChI is InChI=1S/C9H6ClF3INO3/c1-17-8(16)4-2-6(18-9(11,12)13)15-5(3-10)7(4)14/h2H,3H2,1H3. The van der Waals surface area contributed by atoms with Crippen LogP contribution in [-0.4, -0.2) is 24.4 Å². The van der Waals surface area contributed by atoms with Gasteiger partial charge in [0.05, 0.1) is 27.8 Å². The number of hydrogen-bond acceptors (Lipinski definition) is 4. The molecule has 0 aromatic carbocycles. The Labute approximate surface area is 119 Å². The second-order valence-corrected chi connectivity index (χ2v) is 4.29. The van der Waals surface area contributed by atoms with Crippen molar-refractivity contribution in [2.24, 2.45) is 0 Å². The zero-order valence-electron chi connectivity index (χ0n) is 8.85. The Hall–Kier alpha value is -0.770. The minimum Gasteiger partial charge on any atom is -0.465 e. The number of rotatable bonds is 3. The Balaban J connectivity index is 3.26. The van der Waals surface area contributed by atoms with Crippen molar-refractivity contribution in [3.63, 3.8) is 0 Å². The minimum absolute atomic E-state index is 0.0806. The highest BCUT2D eigenvalue weighted by Crippen LogP contribution is 2.27. The lowest BCUT2D eigenvalue weighted by molar-refractivity contribution is -0.276. The zero-order valence-corrected chi connectivity index (χ0v) is 11.8. The molecule has 18 heavy (non-hydrogen) atoms. The van der Waals surface area contributed by atoms with E-state index in [-0.39, 0.29) is 17.1 Å². The number of carbonyl (C=O) groups is 1. The molecule has 0 saturated carbocycles. The molecule has 0 N–H and O–H groups in total. The maximum absolute atomic E-state index is 12.1. The summed E-state index contributed by atoms with van der Waals surface area (Å²) in [5.41, 5.74) is 0.0300. The second kappa shape index (κ2) is 5.91. The van der Waals surface area contributed by atoms with E-state index < -0.39 is 18.2 Å². The van der Waals surface area contributed by atoms with Crippen LogP contribution in [0.2, 0.25) is 0 Å². The molecule has 1 rings (SSSR count). The Morgan fingerprint density at radius 3 is 2.61 bits per heavy atom. The number of carbonyl (C=O) groups excluding carboxylic acids is 1. The van der Waals surface area contributed by atoms with Crippen LogP contribution in [0.15, 0.2) is 6.07 Å². The first kappa shape index (κ1) is 15.3. The van der Waals surface area contributed by atoms with E-state index in [4.69, 9.17) is 11.6 Å². The first-order chi connectivity index (χ1) is 8.28. The van der Waals surface area contributed by atoms with Crippen molar-refractivity contribution in [2.75, 3.05) is 7.11 Å². The lowest BCUT2D eigenvalue weighted by Crippen LogP contribution is -2.19. The molecule has 1 aromatic heterocycles. The van der Waals surface area contributed by atoms with Crippen molar-refractivity contribution in [3.8, 4) is 5.88 Å². The maximum atomic E-state index is 12.1. The van der Waals surface area contributed by atoms with Crippen molar-refractivity contribution in [3.05, 3.63) is 20.9 Å². The third kappa shape index (κ3) is 3.87. The van der Waals surface area contributed by atoms with Crippen LogP contribution in [0.5, 0.6) is 5.88 Å². The predicted molar refractivity (Wildman–Crippen MR) is 64.5 cm³/mol. The van der Waals surface area contributed by atoms with E-state index >= 15 is 0 Å². The molecule has 0 saturated heterocycles. The second-order valence-electron chi connectivity index (χ2n) is 2.94. The van der Waals surface area contributed by atoms with Crippen molar-refractivity contribution in [2.45, 2.75) is 12.2 Å². The Kier molecular flexibility index (Phi) is 5.02. The number of pyridine rings is 1. The normalized spacial score (nSPS) is 11.2. The van der Waals surface area contributed by atoms with Gasteiger partial charge in [0.15, 0.2) is 0 Å². The van der Waals surface area contributed by atoms with Crippen LogP contribution in [0, 0.1) is 3.57 Å². The monoisotopic (exact) mass is 395 g/mol. The summed E-state index contributed by atoms with van der Waals surface area (Å²) in [7, 11) is 1.11. The molecular weight excluding hydrogens is 389 g/mol. The summed E-state index contributed by atoms with van der Waals surface area (Å²) in [4.78, 5) is 14.9. The van der Waals surface area contributed by atoms with Gasteiger partial charge in [0.25, 0.3) is 0 Å². The van der Waals surface area contributed by atoms with Gasteiger partial charge in [-0.25, -0.2) is 9.78 Å². The van der Waals surface area contributed by atoms with Crippen LogP contribution in [0.1, 0.15) is 16.1 Å². The fourth-order valence-corrected chi connectivity index (χ4v) is 2.18. The van der Waals surface area contributed by atoms with Gasteiger partial charge in [0.1, 0.15) is 0 Å². The number of methoxy groups -OCH3 is 1. The number of hydrogen-bond donors (Lipinski definition) is 0. The molecule has 0 radical (unpaired) electrons. The van der Waals surface area contributed by atoms with Crippen LogP contribution >= 0.6 is 34.2 Å². The van der Waals surface area contributed by atoms with Gasteiger partial charge in [0, 0.05) is 6.07 Å². The fourth-order valence-electron chi connectivity index (χ4n) is 1.07. The summed E-state index contributed by atoms with van der Waals surface area (Å²) in [5.74, 6) is -1.70. The van der Waals surface area contributed by atoms with Crippen LogP contribution < -0.4 is 4.74 Å². The van der Waals surface area contributed by atoms with Gasteiger partial charge in [-0.3, -0.25) is 0 Å². The number of alkyl halides is 4. The van der Waals surface area contributed by atoms with Crippen LogP contribution in [0.4, 0.5) is 13.2 Å². The first-order valence-corrected chi connectivity index (χ1v) is 5.99. The maximum Gasteiger partial charge on any atom is 0.574 e. The third-order valence-electron chi connectivity index (χ3n) is 1.75. The fraction of sp³-hybridized carbons (Fsp3) is 0.333. The van der Waals surface area contributed by atoms with Gasteiger partial charge in [-0.2, -0.15) is 0 Å². The molecule has 0 amide bonds. The average Bonchev–Trinajstić information content (AvgIpc) is 2.28. The molecule has 0 spiro atoms. The molecule has 0 aliphatic rings. The summed E-state index contributed by atoms with van der Waals surface area (Å²) < 4.78 is 44.7. The smallest absolute Gasteiger partial charge is 0.465 e. The highest BCUT2D eigenvalue weighted by molar-refractivity contribution is 14.1. The van der Waals surface area contributed by atoms with Crippen LogP contribution in [0.25, 0.3) is 0 Å². The molecule has 0 aliphatic carbocycles. The lowest BCUT2D eigenvalue weighted by Gasteiger charge is -2.12. The summed E-state index contributed by atoms with van der Waals surface area (Å²) in [6, 6.07) is 0.858. The molecule has 0 bridgehead atoms. The molecule has 0 unspecified atom stereocenters. The van der Waals surface area contributed by atoms with E-state index in [0.717, 1.165) is 13.2 Å². The van der Waals surface area contributed by atoms with E-state index in [0.29, 0.717) is 3.57 Å². The quantitative estimate of drug-likeness (QED) is 0.448. The van der Waals surface area contributed by atoms with Gasteiger partial charge in [0.2, 0.25) is 5.88 Å². The SMILES string of the molecule is COC(=O)c1cc(OC(F)(F)F)nc(CCl)c1I. The lowest BCUT2D eigenvalue weighted by atomic mass is 10.2. The van der Waals surface area contributed by atoms with Gasteiger partial charge >= 0.3 is 12.3 Å². The molecule has 0 fully saturated rings. The first-order valence-electron chi connectivity index (χ1n) is 4.38. The van der Waals surface area contributed by atoms with E-state index in [1.165, 1.54) is 0 Å². The van der Waals surface area contributed by atoms with E-state index in [1.807, 2.05) is 0 Å². The topological polar surface area (TPSA) is 48.4 Å². The number of aromatic nitrogens is 1. The Morgan fingerprint density at radius 1 is 1.56 bits per heavy atom. The van der Waals surface area contributed by atoms with Crippen molar-refractivity contribution >= 4 is 40.2 Å². The molecular formula is C9H6ClF3INO3. The third-order valence-corrected chi connectivity index (χ3v) is 3.21. The number of esters is 1. The number of halogens is 5. The van der Waals surface area contributed by atoms with Gasteiger partial charge in [-0.15, -0.1) is 24.8 Å². The molecule has 100 valence electrons. The molecule has 1 heterocycles. The number of nitrogens with zero attached hydrogens (tertiary/aromatic N) is 1. The van der Waals surface area contributed by atoms with Crippen LogP contribution in [0.3, 0.4) is 0 Å². The summed E-state index contributed by atoms with van der Waals surface area (Å²) in [6.07, 6.45) is -4.89. The molecule has 9 heteroatoms. The van der Waals surface area contributed by atoms with Gasteiger partial charge in [-0.05, 0) is 22.6 Å². The van der Waals surface area contributed by atoms with Crippen molar-refractivity contribution < 1.29 is 27.4 Å². The molecule has 0 aliphatic heterocycles. The predicted octanol–water partition coefficient (Wildman–Crippen LogP) is 3.11. The Morgan fingerprint density at radius 2 is 2.17 bits per heavy atom. The van der Waals surface area contributed by atoms with E-state index in [1.54, 1.807) is 22.6 Å². The van der Waals surface area contributed by atoms with E-state index in [2.05, 4.69) is 14.5 Å². The molecule has 1 aromatic rings. The summed E-state index contributed by atoms with van der Waals surface area (Å²) in [6.45, 7) is 0. The zero-order chi connectivity index (χ0) is 13.9. The van der Waals surface area contributed by atoms with Crippen molar-refractivity contribution in [1.29, 1.82) is 0 Å².